The number of rotatable bonds is 2. The summed E-state index contributed by atoms with van der Waals surface area (Å²) in [5.74, 6) is 0.686. The molecular weight excluding hydrogens is 276 g/mol. The van der Waals surface area contributed by atoms with Crippen LogP contribution in [-0.4, -0.2) is 19.8 Å². The fourth-order valence-corrected chi connectivity index (χ4v) is 1.51. The predicted octanol–water partition coefficient (Wildman–Crippen LogP) is 1.66. The quantitative estimate of drug-likeness (QED) is 0.852. The van der Waals surface area contributed by atoms with Crippen molar-refractivity contribution in [2.75, 3.05) is 0 Å². The Morgan fingerprint density at radius 3 is 2.87 bits per heavy atom. The highest BCUT2D eigenvalue weighted by atomic mass is 79.9. The van der Waals surface area contributed by atoms with Crippen LogP contribution in [0, 0.1) is 0 Å². The molecule has 4 nitrogen and oxygen atoms in total. The first-order valence-corrected chi connectivity index (χ1v) is 5.34. The van der Waals surface area contributed by atoms with Crippen molar-refractivity contribution in [2.24, 2.45) is 5.73 Å². The van der Waals surface area contributed by atoms with Gasteiger partial charge in [-0.15, -0.1) is 0 Å². The maximum absolute atomic E-state index is 5.50. The van der Waals surface area contributed by atoms with Crippen LogP contribution < -0.4 is 5.73 Å². The van der Waals surface area contributed by atoms with E-state index < -0.39 is 0 Å². The van der Waals surface area contributed by atoms with Crippen LogP contribution in [0.3, 0.4) is 0 Å². The lowest BCUT2D eigenvalue weighted by Crippen LogP contribution is -2.12. The third-order valence-electron chi connectivity index (χ3n) is 1.77. The third-order valence-corrected chi connectivity index (χ3v) is 2.39. The van der Waals surface area contributed by atoms with Crippen molar-refractivity contribution in [3.05, 3.63) is 40.8 Å². The number of nitrogens with two attached hydrogens (primary N) is 1. The van der Waals surface area contributed by atoms with Crippen LogP contribution in [0.1, 0.15) is 5.69 Å². The fourth-order valence-electron chi connectivity index (χ4n) is 1.11. The van der Waals surface area contributed by atoms with Gasteiger partial charge >= 0.3 is 0 Å². The Hall–Kier alpha value is -1.27. The number of thiocarbonyl (C=S) groups is 1. The SMILES string of the molecule is NC(=S)c1cccc(-n2cc(Br)cn2)n1. The molecule has 0 spiro atoms. The van der Waals surface area contributed by atoms with E-state index in [9.17, 15) is 0 Å². The van der Waals surface area contributed by atoms with E-state index in [0.29, 0.717) is 11.5 Å². The average Bonchev–Trinajstić information content (AvgIpc) is 2.65. The Bertz CT molecular complexity index is 508. The average molecular weight is 283 g/mol. The molecule has 0 aliphatic heterocycles. The topological polar surface area (TPSA) is 56.7 Å². The van der Waals surface area contributed by atoms with Crippen molar-refractivity contribution in [1.82, 2.24) is 14.8 Å². The van der Waals surface area contributed by atoms with Crippen LogP contribution in [0.4, 0.5) is 0 Å². The molecule has 0 atom stereocenters. The Kier molecular flexibility index (Phi) is 2.79. The van der Waals surface area contributed by atoms with Crippen LogP contribution in [0.25, 0.3) is 5.82 Å². The van der Waals surface area contributed by atoms with Gasteiger partial charge in [-0.1, -0.05) is 18.3 Å². The van der Waals surface area contributed by atoms with E-state index >= 15 is 0 Å². The zero-order valence-corrected chi connectivity index (χ0v) is 9.99. The van der Waals surface area contributed by atoms with Crippen LogP contribution in [0.15, 0.2) is 35.1 Å². The summed E-state index contributed by atoms with van der Waals surface area (Å²) >= 11 is 8.17. The van der Waals surface area contributed by atoms with Gasteiger partial charge in [0.2, 0.25) is 0 Å². The standard InChI is InChI=1S/C9H7BrN4S/c10-6-4-12-14(5-6)8-3-1-2-7(13-8)9(11)15/h1-5H,(H2,11,15). The molecule has 0 amide bonds. The van der Waals surface area contributed by atoms with Crippen molar-refractivity contribution < 1.29 is 0 Å². The molecule has 6 heteroatoms. The summed E-state index contributed by atoms with van der Waals surface area (Å²) < 4.78 is 2.54. The van der Waals surface area contributed by atoms with Gasteiger partial charge in [0.05, 0.1) is 16.4 Å². The Morgan fingerprint density at radius 2 is 2.27 bits per heavy atom. The molecule has 2 aromatic rings. The Labute approximate surface area is 100 Å². The summed E-state index contributed by atoms with van der Waals surface area (Å²) in [6.07, 6.45) is 3.50. The van der Waals surface area contributed by atoms with Gasteiger partial charge in [0.25, 0.3) is 0 Å². The number of pyridine rings is 1. The first-order valence-electron chi connectivity index (χ1n) is 4.14. The monoisotopic (exact) mass is 282 g/mol. The van der Waals surface area contributed by atoms with Gasteiger partial charge in [-0.25, -0.2) is 9.67 Å². The first kappa shape index (κ1) is 10.3. The predicted molar refractivity (Wildman–Crippen MR) is 64.9 cm³/mol. The largest absolute Gasteiger partial charge is 0.388 e. The van der Waals surface area contributed by atoms with Gasteiger partial charge in [0.1, 0.15) is 4.99 Å². The Balaban J connectivity index is 2.45. The van der Waals surface area contributed by atoms with Gasteiger partial charge in [0, 0.05) is 6.20 Å². The number of nitrogens with zero attached hydrogens (tertiary/aromatic N) is 3. The molecule has 2 N–H and O–H groups in total. The summed E-state index contributed by atoms with van der Waals surface area (Å²) in [5.41, 5.74) is 6.09. The van der Waals surface area contributed by atoms with Crippen LogP contribution in [0.5, 0.6) is 0 Å². The second-order valence-electron chi connectivity index (χ2n) is 2.85. The molecular formula is C9H7BrN4S. The molecule has 0 unspecified atom stereocenters. The van der Waals surface area contributed by atoms with E-state index in [-0.39, 0.29) is 4.99 Å². The van der Waals surface area contributed by atoms with Crippen LogP contribution in [-0.2, 0) is 0 Å². The lowest BCUT2D eigenvalue weighted by atomic mass is 10.3. The van der Waals surface area contributed by atoms with Gasteiger partial charge in [-0.3, -0.25) is 0 Å². The highest BCUT2D eigenvalue weighted by Gasteiger charge is 2.03. The minimum atomic E-state index is 0.281. The smallest absolute Gasteiger partial charge is 0.154 e. The molecule has 0 saturated heterocycles. The second-order valence-corrected chi connectivity index (χ2v) is 4.20. The maximum atomic E-state index is 5.50. The number of aromatic nitrogens is 3. The number of hydrogen-bond acceptors (Lipinski definition) is 3. The fraction of sp³-hybridized carbons (Fsp3) is 0. The molecule has 2 heterocycles. The molecule has 0 bridgehead atoms. The first-order chi connectivity index (χ1) is 7.16. The van der Waals surface area contributed by atoms with E-state index in [1.54, 1.807) is 16.9 Å². The lowest BCUT2D eigenvalue weighted by Gasteiger charge is -2.02. The number of halogens is 1. The second kappa shape index (κ2) is 4.08. The third kappa shape index (κ3) is 2.21. The summed E-state index contributed by atoms with van der Waals surface area (Å²) in [4.78, 5) is 4.55. The van der Waals surface area contributed by atoms with E-state index in [1.165, 1.54) is 0 Å². The highest BCUT2D eigenvalue weighted by molar-refractivity contribution is 9.10. The highest BCUT2D eigenvalue weighted by Crippen LogP contribution is 2.11. The van der Waals surface area contributed by atoms with Crippen molar-refractivity contribution in [3.8, 4) is 5.82 Å². The lowest BCUT2D eigenvalue weighted by molar-refractivity contribution is 0.845. The normalized spacial score (nSPS) is 10.2. The summed E-state index contributed by atoms with van der Waals surface area (Å²) in [6.45, 7) is 0. The van der Waals surface area contributed by atoms with E-state index in [1.807, 2.05) is 18.3 Å². The summed E-state index contributed by atoms with van der Waals surface area (Å²) in [7, 11) is 0. The molecule has 0 aliphatic rings. The van der Waals surface area contributed by atoms with Crippen molar-refractivity contribution in [1.29, 1.82) is 0 Å². The molecule has 0 aliphatic carbocycles. The van der Waals surface area contributed by atoms with Gasteiger partial charge in [0.15, 0.2) is 5.82 Å². The molecule has 0 fully saturated rings. The maximum Gasteiger partial charge on any atom is 0.154 e. The molecule has 15 heavy (non-hydrogen) atoms. The molecule has 0 aromatic carbocycles. The zero-order valence-electron chi connectivity index (χ0n) is 7.59. The summed E-state index contributed by atoms with van der Waals surface area (Å²) in [5, 5.41) is 4.11. The number of hydrogen-bond donors (Lipinski definition) is 1. The van der Waals surface area contributed by atoms with Gasteiger partial charge in [-0.05, 0) is 28.1 Å². The minimum Gasteiger partial charge on any atom is -0.388 e. The van der Waals surface area contributed by atoms with Crippen LogP contribution in [0.2, 0.25) is 0 Å². The molecule has 2 rings (SSSR count). The van der Waals surface area contributed by atoms with Crippen molar-refractivity contribution >= 4 is 33.1 Å². The van der Waals surface area contributed by atoms with Crippen molar-refractivity contribution in [2.45, 2.75) is 0 Å². The van der Waals surface area contributed by atoms with E-state index in [2.05, 4.69) is 26.0 Å². The zero-order chi connectivity index (χ0) is 10.8. The Morgan fingerprint density at radius 1 is 1.47 bits per heavy atom. The molecule has 2 aromatic heterocycles. The molecule has 0 radical (unpaired) electrons. The van der Waals surface area contributed by atoms with Gasteiger partial charge < -0.3 is 5.73 Å². The van der Waals surface area contributed by atoms with E-state index in [4.69, 9.17) is 18.0 Å². The molecule has 76 valence electrons. The van der Waals surface area contributed by atoms with Crippen LogP contribution >= 0.6 is 28.1 Å². The molecule has 0 saturated carbocycles. The summed E-state index contributed by atoms with van der Waals surface area (Å²) in [6, 6.07) is 5.44. The van der Waals surface area contributed by atoms with Gasteiger partial charge in [-0.2, -0.15) is 5.10 Å². The minimum absolute atomic E-state index is 0.281. The van der Waals surface area contributed by atoms with Crippen molar-refractivity contribution in [3.63, 3.8) is 0 Å². The van der Waals surface area contributed by atoms with E-state index in [0.717, 1.165) is 4.47 Å².